The van der Waals surface area contributed by atoms with Crippen molar-refractivity contribution in [2.24, 2.45) is 5.84 Å². The van der Waals surface area contributed by atoms with E-state index < -0.39 is 0 Å². The van der Waals surface area contributed by atoms with Gasteiger partial charge in [0.05, 0.1) is 6.10 Å². The molecule has 1 aliphatic heterocycles. The first-order chi connectivity index (χ1) is 9.19. The van der Waals surface area contributed by atoms with Crippen LogP contribution in [0.15, 0.2) is 18.2 Å². The first-order valence-corrected chi connectivity index (χ1v) is 7.08. The van der Waals surface area contributed by atoms with Crippen molar-refractivity contribution in [3.05, 3.63) is 34.6 Å². The molecule has 0 aromatic heterocycles. The van der Waals surface area contributed by atoms with Gasteiger partial charge in [0.1, 0.15) is 5.82 Å². The second-order valence-electron chi connectivity index (χ2n) is 5.03. The molecule has 1 heterocycles. The molecule has 0 saturated carbocycles. The molecule has 0 amide bonds. The Labute approximate surface area is 118 Å². The van der Waals surface area contributed by atoms with Gasteiger partial charge < -0.3 is 4.74 Å². The van der Waals surface area contributed by atoms with E-state index in [-0.39, 0.29) is 18.0 Å². The Morgan fingerprint density at radius 2 is 2.32 bits per heavy atom. The van der Waals surface area contributed by atoms with Crippen LogP contribution in [0.2, 0.25) is 5.02 Å². The van der Waals surface area contributed by atoms with E-state index in [1.54, 1.807) is 6.07 Å². The monoisotopic (exact) mass is 286 g/mol. The Balaban J connectivity index is 1.95. The molecule has 1 aromatic carbocycles. The highest BCUT2D eigenvalue weighted by Crippen LogP contribution is 2.22. The van der Waals surface area contributed by atoms with Crippen LogP contribution in [0, 0.1) is 5.82 Å². The number of halogens is 2. The third-order valence-corrected chi connectivity index (χ3v) is 3.90. The van der Waals surface area contributed by atoms with Crippen molar-refractivity contribution in [2.75, 3.05) is 6.61 Å². The zero-order chi connectivity index (χ0) is 13.7. The van der Waals surface area contributed by atoms with Gasteiger partial charge >= 0.3 is 0 Å². The second-order valence-corrected chi connectivity index (χ2v) is 5.43. The number of nitrogens with two attached hydrogens (primary N) is 1. The van der Waals surface area contributed by atoms with Gasteiger partial charge in [-0.15, -0.1) is 0 Å². The summed E-state index contributed by atoms with van der Waals surface area (Å²) in [6, 6.07) is 4.45. The standard InChI is InChI=1S/C14H20ClFN2O/c15-14-5-4-11(16)7-10(14)8-12(18-17)9-13-3-1-2-6-19-13/h4-5,7,12-13,18H,1-3,6,8-9,17H2. The van der Waals surface area contributed by atoms with Gasteiger partial charge in [-0.3, -0.25) is 11.3 Å². The van der Waals surface area contributed by atoms with Crippen molar-refractivity contribution in [1.82, 2.24) is 5.43 Å². The summed E-state index contributed by atoms with van der Waals surface area (Å²) >= 11 is 6.07. The average Bonchev–Trinajstić information content (AvgIpc) is 2.43. The third-order valence-electron chi connectivity index (χ3n) is 3.53. The lowest BCUT2D eigenvalue weighted by Gasteiger charge is -2.26. The molecule has 0 spiro atoms. The molecule has 0 bridgehead atoms. The van der Waals surface area contributed by atoms with Gasteiger partial charge in [0.15, 0.2) is 0 Å². The fraction of sp³-hybridized carbons (Fsp3) is 0.571. The maximum absolute atomic E-state index is 13.2. The maximum atomic E-state index is 13.2. The van der Waals surface area contributed by atoms with E-state index >= 15 is 0 Å². The first kappa shape index (κ1) is 14.7. The van der Waals surface area contributed by atoms with Gasteiger partial charge in [0.2, 0.25) is 0 Å². The van der Waals surface area contributed by atoms with Gasteiger partial charge in [0.25, 0.3) is 0 Å². The zero-order valence-electron chi connectivity index (χ0n) is 10.9. The van der Waals surface area contributed by atoms with Gasteiger partial charge in [-0.25, -0.2) is 4.39 Å². The molecule has 1 aliphatic rings. The fourth-order valence-corrected chi connectivity index (χ4v) is 2.68. The predicted molar refractivity (Wildman–Crippen MR) is 74.4 cm³/mol. The number of benzene rings is 1. The van der Waals surface area contributed by atoms with Gasteiger partial charge in [-0.05, 0) is 55.9 Å². The van der Waals surface area contributed by atoms with E-state index in [0.29, 0.717) is 11.4 Å². The summed E-state index contributed by atoms with van der Waals surface area (Å²) in [6.45, 7) is 0.822. The van der Waals surface area contributed by atoms with Crippen molar-refractivity contribution in [2.45, 2.75) is 44.2 Å². The molecule has 3 N–H and O–H groups in total. The first-order valence-electron chi connectivity index (χ1n) is 6.70. The molecular weight excluding hydrogens is 267 g/mol. The molecule has 2 rings (SSSR count). The SMILES string of the molecule is NNC(Cc1cc(F)ccc1Cl)CC1CCCCO1. The van der Waals surface area contributed by atoms with Crippen LogP contribution in [-0.4, -0.2) is 18.8 Å². The normalized spacial score (nSPS) is 21.3. The summed E-state index contributed by atoms with van der Waals surface area (Å²) < 4.78 is 18.9. The largest absolute Gasteiger partial charge is 0.378 e. The minimum absolute atomic E-state index is 0.0439. The molecule has 5 heteroatoms. The quantitative estimate of drug-likeness (QED) is 0.646. The number of hydrazine groups is 1. The second kappa shape index (κ2) is 7.20. The number of ether oxygens (including phenoxy) is 1. The smallest absolute Gasteiger partial charge is 0.123 e. The van der Waals surface area contributed by atoms with E-state index in [1.165, 1.54) is 18.6 Å². The Morgan fingerprint density at radius 3 is 3.00 bits per heavy atom. The minimum Gasteiger partial charge on any atom is -0.378 e. The summed E-state index contributed by atoms with van der Waals surface area (Å²) in [4.78, 5) is 0. The van der Waals surface area contributed by atoms with Crippen LogP contribution < -0.4 is 11.3 Å². The highest BCUT2D eigenvalue weighted by Gasteiger charge is 2.20. The van der Waals surface area contributed by atoms with Crippen molar-refractivity contribution >= 4 is 11.6 Å². The summed E-state index contributed by atoms with van der Waals surface area (Å²) in [5.74, 6) is 5.31. The molecule has 1 saturated heterocycles. The maximum Gasteiger partial charge on any atom is 0.123 e. The van der Waals surface area contributed by atoms with Crippen molar-refractivity contribution in [3.63, 3.8) is 0 Å². The van der Waals surface area contributed by atoms with E-state index in [1.807, 2.05) is 0 Å². The number of hydrogen-bond donors (Lipinski definition) is 2. The summed E-state index contributed by atoms with van der Waals surface area (Å²) in [5, 5.41) is 0.575. The molecule has 2 unspecified atom stereocenters. The highest BCUT2D eigenvalue weighted by atomic mass is 35.5. The molecule has 1 fully saturated rings. The van der Waals surface area contributed by atoms with Crippen LogP contribution >= 0.6 is 11.6 Å². The predicted octanol–water partition coefficient (Wildman–Crippen LogP) is 2.81. The Kier molecular flexibility index (Phi) is 5.58. The van der Waals surface area contributed by atoms with Crippen molar-refractivity contribution < 1.29 is 9.13 Å². The summed E-state index contributed by atoms with van der Waals surface area (Å²) in [7, 11) is 0. The summed E-state index contributed by atoms with van der Waals surface area (Å²) in [6.07, 6.45) is 5.06. The van der Waals surface area contributed by atoms with Gasteiger partial charge in [-0.1, -0.05) is 11.6 Å². The molecular formula is C14H20ClFN2O. The van der Waals surface area contributed by atoms with Crippen LogP contribution in [0.1, 0.15) is 31.2 Å². The fourth-order valence-electron chi connectivity index (χ4n) is 2.49. The highest BCUT2D eigenvalue weighted by molar-refractivity contribution is 6.31. The molecule has 19 heavy (non-hydrogen) atoms. The van der Waals surface area contributed by atoms with E-state index in [4.69, 9.17) is 22.2 Å². The molecule has 0 radical (unpaired) electrons. The molecule has 0 aliphatic carbocycles. The molecule has 2 atom stereocenters. The Hall–Kier alpha value is -0.680. The van der Waals surface area contributed by atoms with E-state index in [9.17, 15) is 4.39 Å². The van der Waals surface area contributed by atoms with E-state index in [2.05, 4.69) is 5.43 Å². The van der Waals surface area contributed by atoms with Crippen LogP contribution in [0.25, 0.3) is 0 Å². The van der Waals surface area contributed by atoms with Crippen LogP contribution in [0.3, 0.4) is 0 Å². The van der Waals surface area contributed by atoms with Crippen LogP contribution in [-0.2, 0) is 11.2 Å². The van der Waals surface area contributed by atoms with Crippen LogP contribution in [0.4, 0.5) is 4.39 Å². The number of rotatable bonds is 5. The van der Waals surface area contributed by atoms with Crippen molar-refractivity contribution in [1.29, 1.82) is 0 Å². The zero-order valence-corrected chi connectivity index (χ0v) is 11.6. The Bertz CT molecular complexity index is 410. The molecule has 1 aromatic rings. The number of nitrogens with one attached hydrogen (secondary N) is 1. The topological polar surface area (TPSA) is 47.3 Å². The minimum atomic E-state index is -0.274. The lowest BCUT2D eigenvalue weighted by molar-refractivity contribution is 0.00524. The lowest BCUT2D eigenvalue weighted by Crippen LogP contribution is -2.40. The lowest BCUT2D eigenvalue weighted by atomic mass is 9.97. The Morgan fingerprint density at radius 1 is 1.47 bits per heavy atom. The van der Waals surface area contributed by atoms with Crippen molar-refractivity contribution in [3.8, 4) is 0 Å². The summed E-state index contributed by atoms with van der Waals surface area (Å²) in [5.41, 5.74) is 3.56. The molecule has 3 nitrogen and oxygen atoms in total. The van der Waals surface area contributed by atoms with Crippen LogP contribution in [0.5, 0.6) is 0 Å². The number of hydrogen-bond acceptors (Lipinski definition) is 3. The van der Waals surface area contributed by atoms with Gasteiger partial charge in [0, 0.05) is 17.7 Å². The van der Waals surface area contributed by atoms with Gasteiger partial charge in [-0.2, -0.15) is 0 Å². The van der Waals surface area contributed by atoms with E-state index in [0.717, 1.165) is 31.4 Å². The average molecular weight is 287 g/mol. The third kappa shape index (κ3) is 4.42. The molecule has 106 valence electrons.